The molecule has 0 saturated heterocycles. The lowest BCUT2D eigenvalue weighted by Crippen LogP contribution is -2.28. The van der Waals surface area contributed by atoms with E-state index in [9.17, 15) is 18.8 Å². The van der Waals surface area contributed by atoms with E-state index in [0.717, 1.165) is 16.3 Å². The summed E-state index contributed by atoms with van der Waals surface area (Å²) < 4.78 is 21.8. The van der Waals surface area contributed by atoms with Gasteiger partial charge in [0.15, 0.2) is 17.0 Å². The van der Waals surface area contributed by atoms with Crippen LogP contribution in [-0.4, -0.2) is 36.0 Å². The van der Waals surface area contributed by atoms with Crippen molar-refractivity contribution in [2.24, 2.45) is 7.05 Å². The van der Waals surface area contributed by atoms with Gasteiger partial charge in [-0.3, -0.25) is 19.1 Å². The number of hydrogen-bond donors (Lipinski definition) is 2. The van der Waals surface area contributed by atoms with Crippen molar-refractivity contribution in [2.75, 3.05) is 0 Å². The standard InChI is InChI=1S/C23H18FN7O4/c1-30-17-7-13(4-5-19(17)35-23(30)34)10-26-21(32)16-8-18(31-20(29-16)15(24)12-28-31)22(33)27-11-14-3-2-6-25-9-14/h2-9,12H,10-11H2,1H3,(H,26,32)(H,27,33). The second-order valence-corrected chi connectivity index (χ2v) is 7.71. The third-order valence-electron chi connectivity index (χ3n) is 5.38. The first-order valence-corrected chi connectivity index (χ1v) is 10.5. The van der Waals surface area contributed by atoms with Crippen molar-refractivity contribution in [3.05, 3.63) is 93.9 Å². The van der Waals surface area contributed by atoms with Gasteiger partial charge in [0.1, 0.15) is 11.4 Å². The van der Waals surface area contributed by atoms with E-state index in [1.807, 2.05) is 0 Å². The molecule has 176 valence electrons. The summed E-state index contributed by atoms with van der Waals surface area (Å²) in [5, 5.41) is 9.27. The molecule has 0 aliphatic rings. The molecule has 12 heteroatoms. The molecule has 5 rings (SSSR count). The number of fused-ring (bicyclic) bond motifs is 2. The van der Waals surface area contributed by atoms with Crippen LogP contribution in [-0.2, 0) is 20.1 Å². The van der Waals surface area contributed by atoms with E-state index in [1.54, 1.807) is 49.8 Å². The summed E-state index contributed by atoms with van der Waals surface area (Å²) in [6.45, 7) is 0.284. The van der Waals surface area contributed by atoms with E-state index >= 15 is 0 Å². The molecular weight excluding hydrogens is 457 g/mol. The van der Waals surface area contributed by atoms with Crippen LogP contribution < -0.4 is 16.4 Å². The molecule has 2 amide bonds. The molecule has 0 atom stereocenters. The lowest BCUT2D eigenvalue weighted by Gasteiger charge is -2.10. The third-order valence-corrected chi connectivity index (χ3v) is 5.38. The SMILES string of the molecule is Cn1c(=O)oc2ccc(CNC(=O)c3cc(C(=O)NCc4cccnc4)n4ncc(F)c4n3)cc21. The first-order valence-electron chi connectivity index (χ1n) is 10.5. The fraction of sp³-hybridized carbons (Fsp3) is 0.130. The van der Waals surface area contributed by atoms with Gasteiger partial charge < -0.3 is 15.1 Å². The van der Waals surface area contributed by atoms with Crippen LogP contribution in [0.2, 0.25) is 0 Å². The third kappa shape index (κ3) is 4.24. The zero-order valence-electron chi connectivity index (χ0n) is 18.4. The summed E-state index contributed by atoms with van der Waals surface area (Å²) in [4.78, 5) is 45.4. The molecule has 1 aromatic carbocycles. The number of benzene rings is 1. The van der Waals surface area contributed by atoms with Gasteiger partial charge in [-0.15, -0.1) is 0 Å². The number of halogens is 1. The van der Waals surface area contributed by atoms with Crippen LogP contribution in [0.25, 0.3) is 16.7 Å². The summed E-state index contributed by atoms with van der Waals surface area (Å²) in [6.07, 6.45) is 4.14. The van der Waals surface area contributed by atoms with Crippen molar-refractivity contribution < 1.29 is 18.4 Å². The molecule has 11 nitrogen and oxygen atoms in total. The van der Waals surface area contributed by atoms with E-state index < -0.39 is 23.4 Å². The van der Waals surface area contributed by atoms with Gasteiger partial charge in [0.25, 0.3) is 11.8 Å². The Morgan fingerprint density at radius 2 is 1.86 bits per heavy atom. The minimum absolute atomic E-state index is 0.0530. The Bertz CT molecular complexity index is 1640. The van der Waals surface area contributed by atoms with Gasteiger partial charge >= 0.3 is 5.76 Å². The lowest BCUT2D eigenvalue weighted by atomic mass is 10.2. The molecule has 0 aliphatic heterocycles. The monoisotopic (exact) mass is 475 g/mol. The predicted octanol–water partition coefficient (Wildman–Crippen LogP) is 1.57. The number of carbonyl (C=O) groups is 2. The van der Waals surface area contributed by atoms with Crippen molar-refractivity contribution in [3.8, 4) is 0 Å². The molecule has 0 bridgehead atoms. The first-order chi connectivity index (χ1) is 16.9. The molecule has 0 unspecified atom stereocenters. The minimum atomic E-state index is -0.771. The van der Waals surface area contributed by atoms with Gasteiger partial charge in [0.2, 0.25) is 0 Å². The van der Waals surface area contributed by atoms with Crippen LogP contribution in [0.3, 0.4) is 0 Å². The number of nitrogens with one attached hydrogen (secondary N) is 2. The van der Waals surface area contributed by atoms with Crippen LogP contribution >= 0.6 is 0 Å². The predicted molar refractivity (Wildman–Crippen MR) is 121 cm³/mol. The van der Waals surface area contributed by atoms with Crippen LogP contribution in [0.15, 0.2) is 64.2 Å². The fourth-order valence-corrected chi connectivity index (χ4v) is 3.54. The minimum Gasteiger partial charge on any atom is -0.408 e. The number of aromatic nitrogens is 5. The Hall–Kier alpha value is -4.87. The highest BCUT2D eigenvalue weighted by Crippen LogP contribution is 2.15. The number of carbonyl (C=O) groups excluding carboxylic acids is 2. The van der Waals surface area contributed by atoms with Crippen LogP contribution in [0.1, 0.15) is 32.1 Å². The molecule has 0 radical (unpaired) electrons. The molecule has 5 aromatic rings. The second kappa shape index (κ2) is 8.82. The summed E-state index contributed by atoms with van der Waals surface area (Å²) >= 11 is 0. The highest BCUT2D eigenvalue weighted by atomic mass is 19.1. The molecule has 0 spiro atoms. The summed E-state index contributed by atoms with van der Waals surface area (Å²) in [6, 6.07) is 9.83. The molecular formula is C23H18FN7O4. The number of nitrogens with zero attached hydrogens (tertiary/aromatic N) is 5. The van der Waals surface area contributed by atoms with E-state index in [4.69, 9.17) is 4.42 Å². The molecule has 2 N–H and O–H groups in total. The average Bonchev–Trinajstić information content (AvgIpc) is 3.39. The Morgan fingerprint density at radius 1 is 1.06 bits per heavy atom. The van der Waals surface area contributed by atoms with Gasteiger partial charge in [0, 0.05) is 38.6 Å². The maximum Gasteiger partial charge on any atom is 0.419 e. The number of rotatable bonds is 6. The van der Waals surface area contributed by atoms with Crippen molar-refractivity contribution in [2.45, 2.75) is 13.1 Å². The number of pyridine rings is 1. The molecule has 0 aliphatic carbocycles. The lowest BCUT2D eigenvalue weighted by molar-refractivity contribution is 0.0942. The van der Waals surface area contributed by atoms with Crippen LogP contribution in [0, 0.1) is 5.82 Å². The number of hydrogen-bond acceptors (Lipinski definition) is 7. The summed E-state index contributed by atoms with van der Waals surface area (Å²) in [7, 11) is 1.58. The molecule has 35 heavy (non-hydrogen) atoms. The Morgan fingerprint density at radius 3 is 2.66 bits per heavy atom. The van der Waals surface area contributed by atoms with Gasteiger partial charge in [-0.05, 0) is 29.3 Å². The average molecular weight is 475 g/mol. The van der Waals surface area contributed by atoms with Gasteiger partial charge in [-0.2, -0.15) is 5.10 Å². The Labute approximate surface area is 196 Å². The van der Waals surface area contributed by atoms with Crippen molar-refractivity contribution in [1.29, 1.82) is 0 Å². The van der Waals surface area contributed by atoms with Crippen molar-refractivity contribution >= 4 is 28.6 Å². The zero-order chi connectivity index (χ0) is 24.5. The second-order valence-electron chi connectivity index (χ2n) is 7.71. The van der Waals surface area contributed by atoms with Crippen molar-refractivity contribution in [3.63, 3.8) is 0 Å². The summed E-state index contributed by atoms with van der Waals surface area (Å²) in [5.74, 6) is -2.44. The fourth-order valence-electron chi connectivity index (χ4n) is 3.54. The van der Waals surface area contributed by atoms with Gasteiger partial charge in [0.05, 0.1) is 11.7 Å². The van der Waals surface area contributed by atoms with Gasteiger partial charge in [-0.25, -0.2) is 18.7 Å². The number of aryl methyl sites for hydroxylation is 1. The highest BCUT2D eigenvalue weighted by molar-refractivity contribution is 5.98. The topological polar surface area (TPSA) is 136 Å². The molecule has 0 fully saturated rings. The Balaban J connectivity index is 1.38. The van der Waals surface area contributed by atoms with E-state index in [1.165, 1.54) is 10.6 Å². The largest absolute Gasteiger partial charge is 0.419 e. The normalized spacial score (nSPS) is 11.1. The van der Waals surface area contributed by atoms with Crippen molar-refractivity contribution in [1.82, 2.24) is 34.8 Å². The van der Waals surface area contributed by atoms with Crippen LogP contribution in [0.4, 0.5) is 4.39 Å². The number of oxazole rings is 1. The first kappa shape index (κ1) is 21.9. The zero-order valence-corrected chi connectivity index (χ0v) is 18.4. The molecule has 4 aromatic heterocycles. The molecule has 4 heterocycles. The summed E-state index contributed by atoms with van der Waals surface area (Å²) in [5.41, 5.74) is 2.02. The van der Waals surface area contributed by atoms with Crippen LogP contribution in [0.5, 0.6) is 0 Å². The maximum absolute atomic E-state index is 14.3. The molecule has 0 saturated carbocycles. The van der Waals surface area contributed by atoms with Gasteiger partial charge in [-0.1, -0.05) is 12.1 Å². The van der Waals surface area contributed by atoms with E-state index in [-0.39, 0.29) is 30.1 Å². The number of amides is 2. The smallest absolute Gasteiger partial charge is 0.408 e. The quantitative estimate of drug-likeness (QED) is 0.380. The van der Waals surface area contributed by atoms with E-state index in [0.29, 0.717) is 16.7 Å². The maximum atomic E-state index is 14.3. The Kier molecular flexibility index (Phi) is 5.53. The highest BCUT2D eigenvalue weighted by Gasteiger charge is 2.20. The van der Waals surface area contributed by atoms with E-state index in [2.05, 4.69) is 25.7 Å².